The van der Waals surface area contributed by atoms with Gasteiger partial charge in [-0.15, -0.1) is 11.8 Å². The predicted molar refractivity (Wildman–Crippen MR) is 66.0 cm³/mol. The lowest BCUT2D eigenvalue weighted by Gasteiger charge is -2.49. The number of thioether (sulfide) groups is 1. The maximum atomic E-state index is 11.9. The number of hydrogen-bond donors (Lipinski definition) is 1. The van der Waals surface area contributed by atoms with Crippen LogP contribution in [-0.2, 0) is 9.59 Å². The van der Waals surface area contributed by atoms with Gasteiger partial charge in [0.2, 0.25) is 0 Å². The second-order valence-electron chi connectivity index (χ2n) is 4.40. The number of aliphatic carboxylic acids is 1. The van der Waals surface area contributed by atoms with E-state index in [0.29, 0.717) is 5.57 Å². The smallest absolute Gasteiger partial charge is 0.330 e. The van der Waals surface area contributed by atoms with Crippen molar-refractivity contribution in [3.63, 3.8) is 0 Å². The van der Waals surface area contributed by atoms with Crippen molar-refractivity contribution in [2.75, 3.05) is 0 Å². The molecule has 2 unspecified atom stereocenters. The molecule has 0 bridgehead atoms. The van der Waals surface area contributed by atoms with Gasteiger partial charge in [0.05, 0.1) is 0 Å². The van der Waals surface area contributed by atoms with E-state index in [-0.39, 0.29) is 11.3 Å². The summed E-state index contributed by atoms with van der Waals surface area (Å²) in [5.74, 6) is -1.17. The number of carboxylic acids is 1. The van der Waals surface area contributed by atoms with Crippen molar-refractivity contribution in [1.29, 1.82) is 0 Å². The van der Waals surface area contributed by atoms with Crippen molar-refractivity contribution in [3.05, 3.63) is 11.0 Å². The van der Waals surface area contributed by atoms with Crippen molar-refractivity contribution < 1.29 is 14.7 Å². The molecule has 2 aliphatic heterocycles. The first-order valence-corrected chi connectivity index (χ1v) is 6.26. The van der Waals surface area contributed by atoms with E-state index >= 15 is 0 Å². The first kappa shape index (κ1) is 12.2. The molecule has 0 aromatic carbocycles. The number of aliphatic imine (C=N–C) groups is 1. The number of carbonyl (C=O) groups excluding carboxylic acids is 1. The lowest BCUT2D eigenvalue weighted by atomic mass is 9.99. The van der Waals surface area contributed by atoms with Gasteiger partial charge in [0.1, 0.15) is 5.37 Å². The molecule has 1 saturated heterocycles. The number of carbonyl (C=O) groups is 2. The van der Waals surface area contributed by atoms with E-state index < -0.39 is 18.1 Å². The van der Waals surface area contributed by atoms with Crippen molar-refractivity contribution in [1.82, 2.24) is 4.90 Å². The Morgan fingerprint density at radius 1 is 1.53 bits per heavy atom. The molecule has 5 nitrogen and oxygen atoms in total. The van der Waals surface area contributed by atoms with Crippen LogP contribution in [-0.4, -0.2) is 45.1 Å². The fourth-order valence-corrected chi connectivity index (χ4v) is 3.22. The van der Waals surface area contributed by atoms with Crippen LogP contribution in [0.25, 0.3) is 0 Å². The van der Waals surface area contributed by atoms with Crippen molar-refractivity contribution in [3.8, 4) is 0 Å². The molecular weight excluding hydrogens is 240 g/mol. The number of amides is 1. The Balaban J connectivity index is 2.27. The highest BCUT2D eigenvalue weighted by molar-refractivity contribution is 8.02. The van der Waals surface area contributed by atoms with Crippen LogP contribution in [0.3, 0.4) is 0 Å². The molecule has 17 heavy (non-hydrogen) atoms. The van der Waals surface area contributed by atoms with Crippen molar-refractivity contribution in [2.24, 2.45) is 4.99 Å². The standard InChI is InChI=1S/C11H14N2O3S/c1-5(2)12-7-9(14)13-8(11(15)16)6(3)4-17-10(7)13/h4,7-8,10H,1-3H3,(H,15,16)/t7?,8?,10-/m0/s1. The topological polar surface area (TPSA) is 70.0 Å². The normalized spacial score (nSPS) is 31.2. The zero-order valence-corrected chi connectivity index (χ0v) is 10.7. The van der Waals surface area contributed by atoms with Crippen LogP contribution < -0.4 is 0 Å². The van der Waals surface area contributed by atoms with Crippen molar-refractivity contribution in [2.45, 2.75) is 38.2 Å². The van der Waals surface area contributed by atoms with E-state index in [0.717, 1.165) is 5.71 Å². The summed E-state index contributed by atoms with van der Waals surface area (Å²) in [6.07, 6.45) is 0. The fourth-order valence-electron chi connectivity index (χ4n) is 2.06. The number of β-lactam (4-membered cyclic amide) rings is 1. The molecular formula is C11H14N2O3S. The average Bonchev–Trinajstić information content (AvgIpc) is 2.24. The maximum absolute atomic E-state index is 11.9. The molecule has 1 N–H and O–H groups in total. The lowest BCUT2D eigenvalue weighted by molar-refractivity contribution is -0.157. The summed E-state index contributed by atoms with van der Waals surface area (Å²) in [6.45, 7) is 5.40. The Labute approximate surface area is 104 Å². The van der Waals surface area contributed by atoms with E-state index in [9.17, 15) is 9.59 Å². The summed E-state index contributed by atoms with van der Waals surface area (Å²) in [5, 5.41) is 10.8. The maximum Gasteiger partial charge on any atom is 0.330 e. The van der Waals surface area contributed by atoms with Crippen LogP contribution in [0.4, 0.5) is 0 Å². The van der Waals surface area contributed by atoms with Gasteiger partial charge in [0, 0.05) is 5.71 Å². The summed E-state index contributed by atoms with van der Waals surface area (Å²) < 4.78 is 0. The van der Waals surface area contributed by atoms with Gasteiger partial charge < -0.3 is 10.0 Å². The van der Waals surface area contributed by atoms with Gasteiger partial charge in [-0.2, -0.15) is 0 Å². The zero-order chi connectivity index (χ0) is 12.7. The Bertz CT molecular complexity index is 440. The molecule has 1 fully saturated rings. The monoisotopic (exact) mass is 254 g/mol. The van der Waals surface area contributed by atoms with Crippen LogP contribution >= 0.6 is 11.8 Å². The van der Waals surface area contributed by atoms with E-state index in [1.807, 2.05) is 19.3 Å². The molecule has 0 aromatic rings. The Morgan fingerprint density at radius 3 is 2.71 bits per heavy atom. The predicted octanol–water partition coefficient (Wildman–Crippen LogP) is 1.11. The molecule has 0 radical (unpaired) electrons. The van der Waals surface area contributed by atoms with Gasteiger partial charge in [-0.25, -0.2) is 4.79 Å². The van der Waals surface area contributed by atoms with Crippen LogP contribution in [0.1, 0.15) is 20.8 Å². The summed E-state index contributed by atoms with van der Waals surface area (Å²) in [7, 11) is 0. The summed E-state index contributed by atoms with van der Waals surface area (Å²) in [6, 6.07) is -1.24. The van der Waals surface area contributed by atoms with Crippen LogP contribution in [0, 0.1) is 0 Å². The molecule has 0 saturated carbocycles. The van der Waals surface area contributed by atoms with Crippen LogP contribution in [0.15, 0.2) is 16.0 Å². The minimum absolute atomic E-state index is 0.165. The molecule has 92 valence electrons. The minimum Gasteiger partial charge on any atom is -0.479 e. The molecule has 1 amide bonds. The minimum atomic E-state index is -0.979. The Kier molecular flexibility index (Phi) is 2.99. The molecule has 6 heteroatoms. The third-order valence-corrected chi connectivity index (χ3v) is 4.06. The molecule has 0 aromatic heterocycles. The third-order valence-electron chi connectivity index (χ3n) is 2.79. The first-order chi connectivity index (χ1) is 7.93. The summed E-state index contributed by atoms with van der Waals surface area (Å²) in [4.78, 5) is 28.7. The van der Waals surface area contributed by atoms with Crippen LogP contribution in [0.5, 0.6) is 0 Å². The molecule has 2 aliphatic rings. The van der Waals surface area contributed by atoms with E-state index in [1.54, 1.807) is 6.92 Å². The number of fused-ring (bicyclic) bond motifs is 1. The van der Waals surface area contributed by atoms with Crippen LogP contribution in [0.2, 0.25) is 0 Å². The van der Waals surface area contributed by atoms with Gasteiger partial charge in [-0.1, -0.05) is 0 Å². The van der Waals surface area contributed by atoms with Gasteiger partial charge >= 0.3 is 5.97 Å². The quantitative estimate of drug-likeness (QED) is 0.592. The second-order valence-corrected chi connectivity index (χ2v) is 5.39. The Hall–Kier alpha value is -1.30. The van der Waals surface area contributed by atoms with Gasteiger partial charge in [-0.3, -0.25) is 9.79 Å². The largest absolute Gasteiger partial charge is 0.479 e. The molecule has 2 heterocycles. The highest BCUT2D eigenvalue weighted by atomic mass is 32.2. The van der Waals surface area contributed by atoms with E-state index in [1.165, 1.54) is 16.7 Å². The highest BCUT2D eigenvalue weighted by Gasteiger charge is 2.54. The van der Waals surface area contributed by atoms with Gasteiger partial charge in [0.25, 0.3) is 5.91 Å². The number of nitrogens with zero attached hydrogens (tertiary/aromatic N) is 2. The van der Waals surface area contributed by atoms with E-state index in [2.05, 4.69) is 4.99 Å². The summed E-state index contributed by atoms with van der Waals surface area (Å²) >= 11 is 1.47. The third kappa shape index (κ3) is 1.86. The van der Waals surface area contributed by atoms with E-state index in [4.69, 9.17) is 5.11 Å². The first-order valence-electron chi connectivity index (χ1n) is 5.31. The number of rotatable bonds is 2. The molecule has 0 aliphatic carbocycles. The summed E-state index contributed by atoms with van der Waals surface area (Å²) in [5.41, 5.74) is 1.53. The Morgan fingerprint density at radius 2 is 2.18 bits per heavy atom. The second kappa shape index (κ2) is 4.18. The number of carboxylic acid groups (broad SMARTS) is 1. The fraction of sp³-hybridized carbons (Fsp3) is 0.545. The zero-order valence-electron chi connectivity index (χ0n) is 9.88. The molecule has 0 spiro atoms. The number of hydrogen-bond acceptors (Lipinski definition) is 4. The highest BCUT2D eigenvalue weighted by Crippen LogP contribution is 2.41. The lowest BCUT2D eigenvalue weighted by Crippen LogP contribution is -2.68. The van der Waals surface area contributed by atoms with Gasteiger partial charge in [0.15, 0.2) is 12.1 Å². The molecule has 3 atom stereocenters. The van der Waals surface area contributed by atoms with Crippen molar-refractivity contribution >= 4 is 29.4 Å². The molecule has 2 rings (SSSR count). The average molecular weight is 254 g/mol. The SMILES string of the molecule is CC1=CS[C@H]2C(N=C(C)C)C(=O)N2C1C(=O)O. The van der Waals surface area contributed by atoms with Gasteiger partial charge in [-0.05, 0) is 31.8 Å².